The van der Waals surface area contributed by atoms with Crippen LogP contribution in [0.3, 0.4) is 0 Å². The summed E-state index contributed by atoms with van der Waals surface area (Å²) in [5.41, 5.74) is -0.893. The Morgan fingerprint density at radius 1 is 1.03 bits per heavy atom. The molecule has 5 nitrogen and oxygen atoms in total. The Labute approximate surface area is 174 Å². The second-order valence-electron chi connectivity index (χ2n) is 8.32. The van der Waals surface area contributed by atoms with Gasteiger partial charge in [0.2, 0.25) is 0 Å². The van der Waals surface area contributed by atoms with Crippen LogP contribution in [0.1, 0.15) is 38.8 Å². The molecule has 2 aromatic rings. The average Bonchev–Trinajstić information content (AvgIpc) is 2.96. The first-order chi connectivity index (χ1) is 14.1. The fraction of sp³-hybridized carbons (Fsp3) is 0.391. The number of hydrogen-bond donors (Lipinski definition) is 0. The molecule has 1 saturated heterocycles. The fourth-order valence-corrected chi connectivity index (χ4v) is 4.15. The van der Waals surface area contributed by atoms with Gasteiger partial charge in [0.1, 0.15) is 18.2 Å². The Morgan fingerprint density at radius 3 is 1.90 bits per heavy atom. The normalized spacial score (nSPS) is 18.3. The lowest BCUT2D eigenvalue weighted by Gasteiger charge is -2.42. The van der Waals surface area contributed by atoms with Gasteiger partial charge in [-0.2, -0.15) is 0 Å². The summed E-state index contributed by atoms with van der Waals surface area (Å²) in [5, 5.41) is 0. The largest absolute Gasteiger partial charge is 0.465 e. The van der Waals surface area contributed by atoms with Gasteiger partial charge in [0.05, 0.1) is 12.6 Å². The number of halogens is 2. The van der Waals surface area contributed by atoms with Gasteiger partial charge in [0.25, 0.3) is 0 Å². The van der Waals surface area contributed by atoms with Crippen LogP contribution in [0, 0.1) is 17.0 Å². The maximum Gasteiger partial charge on any atom is 0.412 e. The van der Waals surface area contributed by atoms with Crippen molar-refractivity contribution in [1.29, 1.82) is 0 Å². The molecule has 160 valence electrons. The highest BCUT2D eigenvalue weighted by Gasteiger charge is 2.60. The van der Waals surface area contributed by atoms with E-state index in [0.717, 1.165) is 0 Å². The van der Waals surface area contributed by atoms with Crippen molar-refractivity contribution in [3.05, 3.63) is 71.3 Å². The molecule has 3 rings (SSSR count). The predicted octanol–water partition coefficient (Wildman–Crippen LogP) is 4.64. The molecule has 0 aromatic heterocycles. The van der Waals surface area contributed by atoms with Gasteiger partial charge in [0.15, 0.2) is 5.60 Å². The number of cyclic esters (lactones) is 1. The Balaban J connectivity index is 2.23. The van der Waals surface area contributed by atoms with E-state index in [1.54, 1.807) is 31.2 Å². The minimum Gasteiger partial charge on any atom is -0.465 e. The van der Waals surface area contributed by atoms with Crippen LogP contribution >= 0.6 is 0 Å². The molecule has 0 bridgehead atoms. The molecule has 1 amide bonds. The number of carbonyl (C=O) groups is 2. The summed E-state index contributed by atoms with van der Waals surface area (Å²) >= 11 is 0. The molecular weight excluding hydrogens is 392 g/mol. The number of nitrogens with zero attached hydrogens (tertiary/aromatic N) is 1. The molecule has 1 aliphatic rings. The molecule has 0 aliphatic carbocycles. The second-order valence-corrected chi connectivity index (χ2v) is 8.32. The molecule has 0 spiro atoms. The first-order valence-electron chi connectivity index (χ1n) is 9.77. The summed E-state index contributed by atoms with van der Waals surface area (Å²) in [6.07, 6.45) is -0.698. The maximum absolute atomic E-state index is 13.7. The van der Waals surface area contributed by atoms with Crippen LogP contribution in [0.25, 0.3) is 0 Å². The first-order valence-corrected chi connectivity index (χ1v) is 9.77. The summed E-state index contributed by atoms with van der Waals surface area (Å²) in [7, 11) is 0. The monoisotopic (exact) mass is 417 g/mol. The first kappa shape index (κ1) is 21.7. The number of rotatable bonds is 5. The van der Waals surface area contributed by atoms with E-state index in [4.69, 9.17) is 9.47 Å². The third kappa shape index (κ3) is 3.88. The van der Waals surface area contributed by atoms with Crippen LogP contribution in [0.5, 0.6) is 0 Å². The standard InChI is InChI=1S/C23H25F2NO4/c1-5-29-19(27)14-26-20(22(2,3)4)23(30-21(26)28,15-6-10-17(24)11-7-15)16-8-12-18(25)13-9-16/h6-13,20H,5,14H2,1-4H3/t20-/m0/s1. The third-order valence-electron chi connectivity index (χ3n) is 5.15. The van der Waals surface area contributed by atoms with Gasteiger partial charge in [-0.15, -0.1) is 0 Å². The number of carbonyl (C=O) groups excluding carboxylic acids is 2. The van der Waals surface area contributed by atoms with Crippen molar-refractivity contribution in [2.75, 3.05) is 13.2 Å². The number of hydrogen-bond acceptors (Lipinski definition) is 4. The molecule has 1 fully saturated rings. The SMILES string of the molecule is CCOC(=O)CN1C(=O)OC(c2ccc(F)cc2)(c2ccc(F)cc2)[C@@H]1C(C)(C)C. The molecular formula is C23H25F2NO4. The Kier molecular flexibility index (Phi) is 5.83. The topological polar surface area (TPSA) is 55.8 Å². The van der Waals surface area contributed by atoms with Crippen molar-refractivity contribution in [1.82, 2.24) is 4.90 Å². The minimum atomic E-state index is -1.37. The summed E-state index contributed by atoms with van der Waals surface area (Å²) in [6.45, 7) is 7.32. The lowest BCUT2D eigenvalue weighted by Crippen LogP contribution is -2.53. The van der Waals surface area contributed by atoms with E-state index >= 15 is 0 Å². The smallest absolute Gasteiger partial charge is 0.412 e. The van der Waals surface area contributed by atoms with Gasteiger partial charge in [-0.05, 0) is 36.6 Å². The molecule has 0 radical (unpaired) electrons. The van der Waals surface area contributed by atoms with Crippen molar-refractivity contribution in [3.63, 3.8) is 0 Å². The lowest BCUT2D eigenvalue weighted by molar-refractivity contribution is -0.144. The molecule has 7 heteroatoms. The molecule has 0 N–H and O–H groups in total. The van der Waals surface area contributed by atoms with Gasteiger partial charge in [-0.3, -0.25) is 9.69 Å². The van der Waals surface area contributed by atoms with Gasteiger partial charge in [-0.1, -0.05) is 45.0 Å². The quantitative estimate of drug-likeness (QED) is 0.665. The van der Waals surface area contributed by atoms with Gasteiger partial charge >= 0.3 is 12.1 Å². The van der Waals surface area contributed by atoms with Crippen molar-refractivity contribution >= 4 is 12.1 Å². The second kappa shape index (κ2) is 8.05. The van der Waals surface area contributed by atoms with Crippen LogP contribution in [0.2, 0.25) is 0 Å². The summed E-state index contributed by atoms with van der Waals surface area (Å²) in [5.74, 6) is -1.43. The van der Waals surface area contributed by atoms with Gasteiger partial charge in [0, 0.05) is 11.1 Å². The van der Waals surface area contributed by atoms with E-state index in [1.165, 1.54) is 29.2 Å². The number of amides is 1. The Bertz CT molecular complexity index is 874. The molecule has 1 heterocycles. The maximum atomic E-state index is 13.7. The third-order valence-corrected chi connectivity index (χ3v) is 5.15. The Hall–Kier alpha value is -2.96. The molecule has 0 saturated carbocycles. The van der Waals surface area contributed by atoms with Crippen LogP contribution in [0.15, 0.2) is 48.5 Å². The molecule has 1 aliphatic heterocycles. The summed E-state index contributed by atoms with van der Waals surface area (Å²) in [4.78, 5) is 26.6. The highest BCUT2D eigenvalue weighted by molar-refractivity contribution is 5.81. The number of esters is 1. The molecule has 0 unspecified atom stereocenters. The van der Waals surface area contributed by atoms with Crippen molar-refractivity contribution in [2.45, 2.75) is 39.3 Å². The molecule has 2 aromatic carbocycles. The highest BCUT2D eigenvalue weighted by atomic mass is 19.1. The van der Waals surface area contributed by atoms with Crippen LogP contribution in [-0.4, -0.2) is 36.2 Å². The van der Waals surface area contributed by atoms with Crippen molar-refractivity contribution in [3.8, 4) is 0 Å². The van der Waals surface area contributed by atoms with Gasteiger partial charge < -0.3 is 9.47 Å². The zero-order valence-corrected chi connectivity index (χ0v) is 17.4. The summed E-state index contributed by atoms with van der Waals surface area (Å²) in [6, 6.07) is 10.6. The van der Waals surface area contributed by atoms with Crippen molar-refractivity contribution < 1.29 is 27.8 Å². The molecule has 30 heavy (non-hydrogen) atoms. The van der Waals surface area contributed by atoms with Crippen LogP contribution < -0.4 is 0 Å². The number of benzene rings is 2. The predicted molar refractivity (Wildman–Crippen MR) is 107 cm³/mol. The zero-order valence-electron chi connectivity index (χ0n) is 17.4. The highest BCUT2D eigenvalue weighted by Crippen LogP contribution is 2.50. The Morgan fingerprint density at radius 2 is 1.50 bits per heavy atom. The van der Waals surface area contributed by atoms with Gasteiger partial charge in [-0.25, -0.2) is 13.6 Å². The van der Waals surface area contributed by atoms with E-state index in [2.05, 4.69) is 0 Å². The number of ether oxygens (including phenoxy) is 2. The van der Waals surface area contributed by atoms with E-state index < -0.39 is 40.8 Å². The van der Waals surface area contributed by atoms with E-state index in [0.29, 0.717) is 11.1 Å². The van der Waals surface area contributed by atoms with E-state index in [-0.39, 0.29) is 13.2 Å². The van der Waals surface area contributed by atoms with Crippen molar-refractivity contribution in [2.24, 2.45) is 5.41 Å². The minimum absolute atomic E-state index is 0.184. The van der Waals surface area contributed by atoms with E-state index in [9.17, 15) is 18.4 Å². The summed E-state index contributed by atoms with van der Waals surface area (Å²) < 4.78 is 38.3. The lowest BCUT2D eigenvalue weighted by atomic mass is 9.69. The fourth-order valence-electron chi connectivity index (χ4n) is 4.15. The molecule has 1 atom stereocenters. The average molecular weight is 417 g/mol. The van der Waals surface area contributed by atoms with Crippen LogP contribution in [0.4, 0.5) is 13.6 Å². The van der Waals surface area contributed by atoms with E-state index in [1.807, 2.05) is 20.8 Å². The van der Waals surface area contributed by atoms with Crippen LogP contribution in [-0.2, 0) is 19.9 Å². The zero-order chi connectivity index (χ0) is 22.1.